The van der Waals surface area contributed by atoms with Crippen LogP contribution in [0, 0.1) is 13.8 Å². The van der Waals surface area contributed by atoms with Crippen LogP contribution >= 0.6 is 0 Å². The zero-order valence-corrected chi connectivity index (χ0v) is 17.6. The molecule has 2 N–H and O–H groups in total. The molecule has 3 aromatic rings. The van der Waals surface area contributed by atoms with Crippen LogP contribution in [0.2, 0.25) is 0 Å². The molecule has 3 heterocycles. The number of aromatic amines is 1. The molecule has 1 aliphatic rings. The predicted molar refractivity (Wildman–Crippen MR) is 114 cm³/mol. The summed E-state index contributed by atoms with van der Waals surface area (Å²) in [6.07, 6.45) is 0.361. The van der Waals surface area contributed by atoms with E-state index >= 15 is 0 Å². The van der Waals surface area contributed by atoms with Crippen molar-refractivity contribution in [1.29, 1.82) is 0 Å². The highest BCUT2D eigenvalue weighted by atomic mass is 16.5. The van der Waals surface area contributed by atoms with Crippen molar-refractivity contribution >= 4 is 11.9 Å². The Bertz CT molecular complexity index is 1080. The number of morpholine rings is 1. The number of aromatic nitrogens is 3. The third kappa shape index (κ3) is 4.83. The molecule has 1 aromatic carbocycles. The second-order valence-electron chi connectivity index (χ2n) is 7.50. The van der Waals surface area contributed by atoms with Crippen LogP contribution < -0.4 is 15.8 Å². The molecule has 1 amide bonds. The smallest absolute Gasteiger partial charge is 0.257 e. The van der Waals surface area contributed by atoms with Gasteiger partial charge in [0, 0.05) is 25.6 Å². The summed E-state index contributed by atoms with van der Waals surface area (Å²) in [4.78, 5) is 34.7. The van der Waals surface area contributed by atoms with Crippen LogP contribution in [0.15, 0.2) is 45.7 Å². The number of hydrogen-bond acceptors (Lipinski definition) is 7. The predicted octanol–water partition coefficient (Wildman–Crippen LogP) is 1.93. The molecule has 0 spiro atoms. The van der Waals surface area contributed by atoms with Crippen molar-refractivity contribution in [1.82, 2.24) is 20.4 Å². The molecular weight excluding hydrogens is 398 g/mol. The number of hydrogen-bond donors (Lipinski definition) is 2. The van der Waals surface area contributed by atoms with E-state index in [1.807, 2.05) is 35.2 Å². The first-order valence-corrected chi connectivity index (χ1v) is 10.2. The lowest BCUT2D eigenvalue weighted by Crippen LogP contribution is -2.38. The molecule has 1 atom stereocenters. The normalized spacial score (nSPS) is 15.0. The van der Waals surface area contributed by atoms with E-state index < -0.39 is 0 Å². The summed E-state index contributed by atoms with van der Waals surface area (Å²) in [6.45, 7) is 5.95. The largest absolute Gasteiger partial charge is 0.378 e. The van der Waals surface area contributed by atoms with Gasteiger partial charge in [0.15, 0.2) is 0 Å². The number of carbonyl (C=O) groups is 1. The number of H-pyrrole nitrogens is 1. The van der Waals surface area contributed by atoms with Gasteiger partial charge in [-0.05, 0) is 19.4 Å². The van der Waals surface area contributed by atoms with E-state index in [0.29, 0.717) is 61.4 Å². The lowest BCUT2D eigenvalue weighted by molar-refractivity contribution is 0.0934. The second kappa shape index (κ2) is 9.13. The van der Waals surface area contributed by atoms with E-state index in [-0.39, 0.29) is 17.5 Å². The number of anilines is 1. The Balaban J connectivity index is 1.62. The fourth-order valence-electron chi connectivity index (χ4n) is 3.71. The molecule has 0 aliphatic carbocycles. The first-order chi connectivity index (χ1) is 15.0. The maximum absolute atomic E-state index is 13.0. The zero-order chi connectivity index (χ0) is 21.8. The van der Waals surface area contributed by atoms with E-state index in [1.54, 1.807) is 13.8 Å². The average Bonchev–Trinajstić information content (AvgIpc) is 3.12. The SMILES string of the molecule is Cc1noc(C)c1C(=O)N[C@@H](Cc1cc(=O)[nH]c(N2CCOCC2)n1)c1ccccc1. The maximum atomic E-state index is 13.0. The number of nitrogens with zero attached hydrogens (tertiary/aromatic N) is 3. The molecule has 4 rings (SSSR count). The van der Waals surface area contributed by atoms with Gasteiger partial charge in [0.05, 0.1) is 30.6 Å². The molecular formula is C22H25N5O4. The molecule has 31 heavy (non-hydrogen) atoms. The number of carbonyl (C=O) groups excluding carboxylic acids is 1. The Hall–Kier alpha value is -3.46. The summed E-state index contributed by atoms with van der Waals surface area (Å²) in [5.41, 5.74) is 2.24. The van der Waals surface area contributed by atoms with Gasteiger partial charge in [0.1, 0.15) is 11.3 Å². The number of benzene rings is 1. The molecule has 9 nitrogen and oxygen atoms in total. The molecule has 1 aliphatic heterocycles. The number of nitrogens with one attached hydrogen (secondary N) is 2. The van der Waals surface area contributed by atoms with Gasteiger partial charge < -0.3 is 19.5 Å². The Morgan fingerprint density at radius 2 is 1.97 bits per heavy atom. The van der Waals surface area contributed by atoms with Crippen LogP contribution in [0.25, 0.3) is 0 Å². The van der Waals surface area contributed by atoms with Crippen LogP contribution in [0.3, 0.4) is 0 Å². The van der Waals surface area contributed by atoms with Gasteiger partial charge in [-0.1, -0.05) is 35.5 Å². The third-order valence-electron chi connectivity index (χ3n) is 5.27. The zero-order valence-electron chi connectivity index (χ0n) is 17.6. The number of aryl methyl sites for hydroxylation is 2. The highest BCUT2D eigenvalue weighted by Crippen LogP contribution is 2.20. The van der Waals surface area contributed by atoms with Crippen molar-refractivity contribution < 1.29 is 14.1 Å². The van der Waals surface area contributed by atoms with Crippen molar-refractivity contribution in [2.75, 3.05) is 31.2 Å². The molecule has 9 heteroatoms. The highest BCUT2D eigenvalue weighted by Gasteiger charge is 2.23. The summed E-state index contributed by atoms with van der Waals surface area (Å²) >= 11 is 0. The van der Waals surface area contributed by atoms with Crippen LogP contribution in [-0.4, -0.2) is 47.3 Å². The minimum atomic E-state index is -0.380. The first-order valence-electron chi connectivity index (χ1n) is 10.2. The Labute approximate surface area is 179 Å². The maximum Gasteiger partial charge on any atom is 0.257 e. The quantitative estimate of drug-likeness (QED) is 0.623. The number of amides is 1. The number of ether oxygens (including phenoxy) is 1. The molecule has 1 fully saturated rings. The van der Waals surface area contributed by atoms with E-state index in [0.717, 1.165) is 5.56 Å². The third-order valence-corrected chi connectivity index (χ3v) is 5.27. The van der Waals surface area contributed by atoms with Gasteiger partial charge in [0.2, 0.25) is 5.95 Å². The van der Waals surface area contributed by atoms with Crippen LogP contribution in [0.5, 0.6) is 0 Å². The summed E-state index contributed by atoms with van der Waals surface area (Å²) in [5.74, 6) is 0.712. The first kappa shape index (κ1) is 20.8. The summed E-state index contributed by atoms with van der Waals surface area (Å²) in [7, 11) is 0. The van der Waals surface area contributed by atoms with Crippen molar-refractivity contribution in [3.05, 3.63) is 75.0 Å². The van der Waals surface area contributed by atoms with Crippen molar-refractivity contribution in [3.63, 3.8) is 0 Å². The van der Waals surface area contributed by atoms with Gasteiger partial charge >= 0.3 is 0 Å². The molecule has 0 bridgehead atoms. The lowest BCUT2D eigenvalue weighted by atomic mass is 10.0. The Morgan fingerprint density at radius 1 is 1.23 bits per heavy atom. The van der Waals surface area contributed by atoms with Gasteiger partial charge in [-0.25, -0.2) is 4.98 Å². The lowest BCUT2D eigenvalue weighted by Gasteiger charge is -2.27. The molecule has 0 unspecified atom stereocenters. The molecule has 0 radical (unpaired) electrons. The molecule has 162 valence electrons. The molecule has 2 aromatic heterocycles. The van der Waals surface area contributed by atoms with Gasteiger partial charge in [-0.15, -0.1) is 0 Å². The van der Waals surface area contributed by atoms with Gasteiger partial charge in [-0.2, -0.15) is 0 Å². The fourth-order valence-corrected chi connectivity index (χ4v) is 3.71. The highest BCUT2D eigenvalue weighted by molar-refractivity contribution is 5.96. The molecule has 1 saturated heterocycles. The monoisotopic (exact) mass is 423 g/mol. The van der Waals surface area contributed by atoms with Crippen molar-refractivity contribution in [2.24, 2.45) is 0 Å². The van der Waals surface area contributed by atoms with Crippen molar-refractivity contribution in [2.45, 2.75) is 26.3 Å². The van der Waals surface area contributed by atoms with Crippen LogP contribution in [0.4, 0.5) is 5.95 Å². The summed E-state index contributed by atoms with van der Waals surface area (Å²) < 4.78 is 10.5. The van der Waals surface area contributed by atoms with Crippen LogP contribution in [0.1, 0.15) is 39.1 Å². The van der Waals surface area contributed by atoms with Crippen molar-refractivity contribution in [3.8, 4) is 0 Å². The summed E-state index contributed by atoms with van der Waals surface area (Å²) in [6, 6.07) is 10.7. The topological polar surface area (TPSA) is 113 Å². The Morgan fingerprint density at radius 3 is 2.65 bits per heavy atom. The minimum Gasteiger partial charge on any atom is -0.378 e. The second-order valence-corrected chi connectivity index (χ2v) is 7.50. The average molecular weight is 423 g/mol. The van der Waals surface area contributed by atoms with Gasteiger partial charge in [-0.3, -0.25) is 14.6 Å². The van der Waals surface area contributed by atoms with Gasteiger partial charge in [0.25, 0.3) is 11.5 Å². The standard InChI is InChI=1S/C22H25N5O4/c1-14-20(15(2)31-26-14)21(29)24-18(16-6-4-3-5-7-16)12-17-13-19(28)25-22(23-17)27-8-10-30-11-9-27/h3-7,13,18H,8-12H2,1-2H3,(H,24,29)(H,23,25,28)/t18-/m0/s1. The van der Waals surface area contributed by atoms with E-state index in [2.05, 4.69) is 20.4 Å². The minimum absolute atomic E-state index is 0.227. The van der Waals surface area contributed by atoms with E-state index in [9.17, 15) is 9.59 Å². The van der Waals surface area contributed by atoms with Crippen LogP contribution in [-0.2, 0) is 11.2 Å². The fraction of sp³-hybridized carbons (Fsp3) is 0.364. The van der Waals surface area contributed by atoms with E-state index in [1.165, 1.54) is 6.07 Å². The molecule has 0 saturated carbocycles. The van der Waals surface area contributed by atoms with E-state index in [4.69, 9.17) is 9.26 Å². The summed E-state index contributed by atoms with van der Waals surface area (Å²) in [5, 5.41) is 6.93. The number of rotatable bonds is 6. The Kier molecular flexibility index (Phi) is 6.13.